The van der Waals surface area contributed by atoms with Crippen LogP contribution in [0.15, 0.2) is 0 Å². The van der Waals surface area contributed by atoms with Gasteiger partial charge in [-0.1, -0.05) is 0 Å². The molecule has 0 saturated carbocycles. The van der Waals surface area contributed by atoms with Gasteiger partial charge in [-0.2, -0.15) is 11.8 Å². The van der Waals surface area contributed by atoms with Crippen LogP contribution in [0.1, 0.15) is 0 Å². The van der Waals surface area contributed by atoms with E-state index in [9.17, 15) is 4.79 Å². The number of hydrogen-bond acceptors (Lipinski definition) is 4. The fourth-order valence-corrected chi connectivity index (χ4v) is 0.969. The number of methoxy groups -OCH3 is 1. The Morgan fingerprint density at radius 1 is 1.75 bits per heavy atom. The van der Waals surface area contributed by atoms with E-state index >= 15 is 0 Å². The number of thioether (sulfide) groups is 1. The summed E-state index contributed by atoms with van der Waals surface area (Å²) in [5, 5.41) is 2.70. The molecule has 3 N–H and O–H groups in total. The molecule has 0 aromatic carbocycles. The number of hydrogen-bond donors (Lipinski definition) is 2. The third kappa shape index (κ3) is 5.40. The minimum absolute atomic E-state index is 0.147. The predicted molar refractivity (Wildman–Crippen MR) is 51.2 cm³/mol. The summed E-state index contributed by atoms with van der Waals surface area (Å²) >= 11 is 1.68. The zero-order valence-electron chi connectivity index (χ0n) is 7.50. The average Bonchev–Trinajstić information content (AvgIpc) is 2.05. The molecule has 0 fully saturated rings. The number of nitrogens with two attached hydrogens (primary N) is 1. The molecule has 1 unspecified atom stereocenters. The molecular weight excluding hydrogens is 176 g/mol. The van der Waals surface area contributed by atoms with E-state index in [2.05, 4.69) is 5.32 Å². The lowest BCUT2D eigenvalue weighted by Gasteiger charge is -2.10. The van der Waals surface area contributed by atoms with E-state index in [4.69, 9.17) is 10.5 Å². The molecule has 0 aliphatic rings. The summed E-state index contributed by atoms with van der Waals surface area (Å²) in [7, 11) is 1.52. The lowest BCUT2D eigenvalue weighted by Crippen LogP contribution is -2.44. The fraction of sp³-hybridized carbons (Fsp3) is 0.857. The maximum Gasteiger partial charge on any atom is 0.239 e. The molecule has 1 atom stereocenters. The van der Waals surface area contributed by atoms with Crippen LogP contribution in [0.25, 0.3) is 0 Å². The second-order valence-electron chi connectivity index (χ2n) is 2.35. The minimum atomic E-state index is -0.545. The van der Waals surface area contributed by atoms with Gasteiger partial charge in [0.2, 0.25) is 5.91 Å². The second-order valence-corrected chi connectivity index (χ2v) is 3.33. The molecule has 72 valence electrons. The van der Waals surface area contributed by atoms with Crippen LogP contribution in [0.4, 0.5) is 0 Å². The van der Waals surface area contributed by atoms with E-state index in [1.54, 1.807) is 11.8 Å². The second kappa shape index (κ2) is 7.39. The highest BCUT2D eigenvalue weighted by Crippen LogP contribution is 1.87. The summed E-state index contributed by atoms with van der Waals surface area (Å²) < 4.78 is 4.74. The Balaban J connectivity index is 3.43. The van der Waals surface area contributed by atoms with Gasteiger partial charge < -0.3 is 15.8 Å². The Morgan fingerprint density at radius 2 is 2.42 bits per heavy atom. The zero-order valence-corrected chi connectivity index (χ0v) is 8.32. The van der Waals surface area contributed by atoms with Gasteiger partial charge in [-0.15, -0.1) is 0 Å². The van der Waals surface area contributed by atoms with Gasteiger partial charge in [-0.3, -0.25) is 4.79 Å². The summed E-state index contributed by atoms with van der Waals surface area (Å²) in [5.74, 6) is 0.761. The first-order chi connectivity index (χ1) is 5.72. The summed E-state index contributed by atoms with van der Waals surface area (Å²) in [4.78, 5) is 11.1. The van der Waals surface area contributed by atoms with Gasteiger partial charge >= 0.3 is 0 Å². The van der Waals surface area contributed by atoms with Gasteiger partial charge in [0.25, 0.3) is 0 Å². The number of carbonyl (C=O) groups is 1. The van der Waals surface area contributed by atoms with Crippen molar-refractivity contribution < 1.29 is 9.53 Å². The van der Waals surface area contributed by atoms with E-state index in [1.165, 1.54) is 7.11 Å². The monoisotopic (exact) mass is 192 g/mol. The number of amides is 1. The van der Waals surface area contributed by atoms with E-state index in [0.717, 1.165) is 5.75 Å². The number of nitrogens with one attached hydrogen (secondary N) is 1. The third-order valence-electron chi connectivity index (χ3n) is 1.29. The lowest BCUT2D eigenvalue weighted by atomic mass is 10.3. The van der Waals surface area contributed by atoms with Crippen LogP contribution in [-0.2, 0) is 9.53 Å². The average molecular weight is 192 g/mol. The van der Waals surface area contributed by atoms with Gasteiger partial charge in [-0.05, 0) is 6.26 Å². The quantitative estimate of drug-likeness (QED) is 0.554. The first-order valence-electron chi connectivity index (χ1n) is 3.73. The highest BCUT2D eigenvalue weighted by atomic mass is 32.2. The largest absolute Gasteiger partial charge is 0.383 e. The molecule has 0 radical (unpaired) electrons. The Labute approximate surface area is 77.2 Å². The van der Waals surface area contributed by atoms with Crippen LogP contribution in [-0.4, -0.2) is 44.2 Å². The molecular formula is C7H16N2O2S. The van der Waals surface area contributed by atoms with E-state index < -0.39 is 6.04 Å². The van der Waals surface area contributed by atoms with Crippen LogP contribution in [0.3, 0.4) is 0 Å². The molecule has 0 aliphatic heterocycles. The molecule has 0 bridgehead atoms. The zero-order chi connectivity index (χ0) is 9.40. The van der Waals surface area contributed by atoms with Crippen molar-refractivity contribution in [2.75, 3.05) is 32.3 Å². The topological polar surface area (TPSA) is 64.3 Å². The summed E-state index contributed by atoms with van der Waals surface area (Å²) in [5.41, 5.74) is 5.47. The van der Waals surface area contributed by atoms with Crippen molar-refractivity contribution >= 4 is 17.7 Å². The van der Waals surface area contributed by atoms with Gasteiger partial charge in [0, 0.05) is 19.4 Å². The van der Waals surface area contributed by atoms with Gasteiger partial charge in [-0.25, -0.2) is 0 Å². The molecule has 1 amide bonds. The molecule has 0 aliphatic carbocycles. The minimum Gasteiger partial charge on any atom is -0.383 e. The van der Waals surface area contributed by atoms with Crippen LogP contribution < -0.4 is 11.1 Å². The van der Waals surface area contributed by atoms with E-state index in [0.29, 0.717) is 6.54 Å². The molecule has 0 saturated heterocycles. The van der Waals surface area contributed by atoms with Gasteiger partial charge in [0.15, 0.2) is 0 Å². The summed E-state index contributed by atoms with van der Waals surface area (Å²) in [6, 6.07) is -0.545. The molecule has 0 spiro atoms. The van der Waals surface area contributed by atoms with Crippen molar-refractivity contribution in [3.63, 3.8) is 0 Å². The number of ether oxygens (including phenoxy) is 1. The highest BCUT2D eigenvalue weighted by Gasteiger charge is 2.11. The molecule has 0 aromatic rings. The first-order valence-corrected chi connectivity index (χ1v) is 5.13. The fourth-order valence-electron chi connectivity index (χ4n) is 0.663. The van der Waals surface area contributed by atoms with E-state index in [-0.39, 0.29) is 12.5 Å². The van der Waals surface area contributed by atoms with Crippen molar-refractivity contribution in [1.82, 2.24) is 5.32 Å². The van der Waals surface area contributed by atoms with Crippen molar-refractivity contribution in [2.24, 2.45) is 5.73 Å². The Hall–Kier alpha value is -0.260. The van der Waals surface area contributed by atoms with Crippen molar-refractivity contribution in [1.29, 1.82) is 0 Å². The van der Waals surface area contributed by atoms with Gasteiger partial charge in [0.1, 0.15) is 6.04 Å². The van der Waals surface area contributed by atoms with Crippen LogP contribution in [0, 0.1) is 0 Å². The predicted octanol–water partition coefficient (Wildman–Crippen LogP) is -0.561. The van der Waals surface area contributed by atoms with Gasteiger partial charge in [0.05, 0.1) is 6.61 Å². The van der Waals surface area contributed by atoms with Crippen molar-refractivity contribution in [3.8, 4) is 0 Å². The molecule has 5 heteroatoms. The number of rotatable bonds is 6. The maximum atomic E-state index is 11.1. The SMILES string of the molecule is COCC(N)C(=O)NCCSC. The first kappa shape index (κ1) is 11.7. The van der Waals surface area contributed by atoms with Crippen LogP contribution in [0.5, 0.6) is 0 Å². The smallest absolute Gasteiger partial charge is 0.239 e. The standard InChI is InChI=1S/C7H16N2O2S/c1-11-5-6(8)7(10)9-3-4-12-2/h6H,3-5,8H2,1-2H3,(H,9,10). The normalized spacial score (nSPS) is 12.6. The number of carbonyl (C=O) groups excluding carboxylic acids is 1. The Morgan fingerprint density at radius 3 is 2.92 bits per heavy atom. The summed E-state index contributed by atoms with van der Waals surface area (Å²) in [6.45, 7) is 0.933. The summed E-state index contributed by atoms with van der Waals surface area (Å²) in [6.07, 6.45) is 1.99. The molecule has 0 aromatic heterocycles. The van der Waals surface area contributed by atoms with Crippen LogP contribution >= 0.6 is 11.8 Å². The van der Waals surface area contributed by atoms with Crippen molar-refractivity contribution in [2.45, 2.75) is 6.04 Å². The molecule has 12 heavy (non-hydrogen) atoms. The maximum absolute atomic E-state index is 11.1. The highest BCUT2D eigenvalue weighted by molar-refractivity contribution is 7.98. The van der Waals surface area contributed by atoms with Crippen molar-refractivity contribution in [3.05, 3.63) is 0 Å². The molecule has 4 nitrogen and oxygen atoms in total. The lowest BCUT2D eigenvalue weighted by molar-refractivity contribution is -0.123. The molecule has 0 heterocycles. The van der Waals surface area contributed by atoms with E-state index in [1.807, 2.05) is 6.26 Å². The third-order valence-corrected chi connectivity index (χ3v) is 1.90. The Kier molecular flexibility index (Phi) is 7.23. The van der Waals surface area contributed by atoms with Crippen LogP contribution in [0.2, 0.25) is 0 Å². The molecule has 0 rings (SSSR count). The Bertz CT molecular complexity index is 133.